The first-order valence-corrected chi connectivity index (χ1v) is 17.7. The van der Waals surface area contributed by atoms with E-state index in [9.17, 15) is 22.8 Å². The molecule has 252 valence electrons. The zero-order chi connectivity index (χ0) is 34.3. The van der Waals surface area contributed by atoms with Crippen LogP contribution in [0.4, 0.5) is 5.69 Å². The maximum absolute atomic E-state index is 13.1. The van der Waals surface area contributed by atoms with Gasteiger partial charge >= 0.3 is 5.97 Å². The van der Waals surface area contributed by atoms with Gasteiger partial charge in [0.05, 0.1) is 48.3 Å². The molecule has 4 aromatic rings. The minimum atomic E-state index is -3.69. The van der Waals surface area contributed by atoms with E-state index in [1.54, 1.807) is 31.2 Å². The minimum absolute atomic E-state index is 0.0205. The van der Waals surface area contributed by atoms with E-state index in [1.165, 1.54) is 40.3 Å². The van der Waals surface area contributed by atoms with Gasteiger partial charge in [-0.15, -0.1) is 10.2 Å². The highest BCUT2D eigenvalue weighted by molar-refractivity contribution is 7.99. The van der Waals surface area contributed by atoms with Gasteiger partial charge in [0, 0.05) is 24.3 Å². The van der Waals surface area contributed by atoms with E-state index in [2.05, 4.69) is 20.8 Å². The molecular weight excluding hydrogens is 657 g/mol. The Hall–Kier alpha value is -4.57. The Morgan fingerprint density at radius 3 is 2.31 bits per heavy atom. The summed E-state index contributed by atoms with van der Waals surface area (Å²) in [7, 11) is -3.69. The molecule has 0 spiro atoms. The van der Waals surface area contributed by atoms with Crippen LogP contribution in [0.25, 0.3) is 5.69 Å². The zero-order valence-corrected chi connectivity index (χ0v) is 28.4. The van der Waals surface area contributed by atoms with Gasteiger partial charge in [-0.1, -0.05) is 23.9 Å². The number of amides is 2. The van der Waals surface area contributed by atoms with E-state index in [0.29, 0.717) is 35.4 Å². The Bertz CT molecular complexity index is 1890. The molecule has 2 N–H and O–H groups in total. The summed E-state index contributed by atoms with van der Waals surface area (Å²) < 4.78 is 39.3. The third kappa shape index (κ3) is 8.10. The molecule has 13 nitrogen and oxygen atoms in total. The monoisotopic (exact) mass is 692 g/mol. The highest BCUT2D eigenvalue weighted by Crippen LogP contribution is 2.26. The molecule has 0 aliphatic carbocycles. The number of carbonyl (C=O) groups excluding carboxylic acids is 3. The SMILES string of the molecule is CCOC(=O)c1ccc(NC(=O)CSc2nnc(CNC(=O)c3ccc(S(=O)(=O)N4CCOCC4)cc3)n2-c2cccc(C)c2C)cc1. The summed E-state index contributed by atoms with van der Waals surface area (Å²) in [5.74, 6) is -0.663. The van der Waals surface area contributed by atoms with Gasteiger partial charge in [0.1, 0.15) is 0 Å². The number of rotatable bonds is 12. The van der Waals surface area contributed by atoms with E-state index in [0.717, 1.165) is 16.8 Å². The number of nitrogens with one attached hydrogen (secondary N) is 2. The second-order valence-electron chi connectivity index (χ2n) is 10.8. The van der Waals surface area contributed by atoms with E-state index in [4.69, 9.17) is 9.47 Å². The van der Waals surface area contributed by atoms with Crippen molar-refractivity contribution in [1.82, 2.24) is 24.4 Å². The van der Waals surface area contributed by atoms with Gasteiger partial charge in [-0.3, -0.25) is 14.2 Å². The van der Waals surface area contributed by atoms with Crippen LogP contribution in [0.15, 0.2) is 76.8 Å². The normalized spacial score (nSPS) is 13.6. The number of morpholine rings is 1. The summed E-state index contributed by atoms with van der Waals surface area (Å²) in [6, 6.07) is 18.0. The van der Waals surface area contributed by atoms with Crippen molar-refractivity contribution < 1.29 is 32.3 Å². The quantitative estimate of drug-likeness (QED) is 0.165. The predicted octanol–water partition coefficient (Wildman–Crippen LogP) is 3.74. The first-order valence-electron chi connectivity index (χ1n) is 15.3. The average molecular weight is 693 g/mol. The lowest BCUT2D eigenvalue weighted by atomic mass is 10.1. The zero-order valence-electron chi connectivity index (χ0n) is 26.8. The van der Waals surface area contributed by atoms with Crippen LogP contribution < -0.4 is 10.6 Å². The van der Waals surface area contributed by atoms with Crippen molar-refractivity contribution in [2.24, 2.45) is 0 Å². The molecule has 1 aromatic heterocycles. The highest BCUT2D eigenvalue weighted by atomic mass is 32.2. The third-order valence-electron chi connectivity index (χ3n) is 7.66. The lowest BCUT2D eigenvalue weighted by Crippen LogP contribution is -2.40. The Morgan fingerprint density at radius 2 is 1.62 bits per heavy atom. The van der Waals surface area contributed by atoms with Crippen LogP contribution in [-0.2, 0) is 30.8 Å². The number of benzene rings is 3. The van der Waals surface area contributed by atoms with Crippen molar-refractivity contribution in [3.63, 3.8) is 0 Å². The van der Waals surface area contributed by atoms with Gasteiger partial charge in [-0.2, -0.15) is 4.31 Å². The molecule has 0 saturated carbocycles. The number of sulfonamides is 1. The fourth-order valence-corrected chi connectivity index (χ4v) is 7.11. The first-order chi connectivity index (χ1) is 23.1. The topological polar surface area (TPSA) is 162 Å². The van der Waals surface area contributed by atoms with Gasteiger partial charge in [0.25, 0.3) is 5.91 Å². The van der Waals surface area contributed by atoms with Crippen molar-refractivity contribution in [1.29, 1.82) is 0 Å². The molecule has 1 aliphatic heterocycles. The van der Waals surface area contributed by atoms with Crippen molar-refractivity contribution in [2.45, 2.75) is 37.4 Å². The summed E-state index contributed by atoms with van der Waals surface area (Å²) in [6.07, 6.45) is 0. The number of aromatic nitrogens is 3. The summed E-state index contributed by atoms with van der Waals surface area (Å²) in [5, 5.41) is 14.8. The van der Waals surface area contributed by atoms with E-state index in [-0.39, 0.29) is 48.4 Å². The summed E-state index contributed by atoms with van der Waals surface area (Å²) in [5.41, 5.74) is 4.03. The number of anilines is 1. The molecule has 1 aliphatic rings. The van der Waals surface area contributed by atoms with Crippen LogP contribution in [0.2, 0.25) is 0 Å². The number of ether oxygens (including phenoxy) is 2. The lowest BCUT2D eigenvalue weighted by Gasteiger charge is -2.26. The van der Waals surface area contributed by atoms with Gasteiger partial charge in [0.15, 0.2) is 11.0 Å². The van der Waals surface area contributed by atoms with Crippen molar-refractivity contribution in [3.8, 4) is 5.69 Å². The second-order valence-corrected chi connectivity index (χ2v) is 13.7. The molecule has 1 fully saturated rings. The smallest absolute Gasteiger partial charge is 0.338 e. The molecule has 0 unspecified atom stereocenters. The first kappa shape index (κ1) is 34.8. The molecule has 5 rings (SSSR count). The van der Waals surface area contributed by atoms with Crippen LogP contribution in [0.3, 0.4) is 0 Å². The van der Waals surface area contributed by atoms with Gasteiger partial charge in [-0.05, 0) is 86.5 Å². The van der Waals surface area contributed by atoms with Crippen LogP contribution in [0.1, 0.15) is 44.6 Å². The Balaban J connectivity index is 1.27. The summed E-state index contributed by atoms with van der Waals surface area (Å²) in [4.78, 5) is 38.0. The Labute approximate surface area is 283 Å². The number of nitrogens with zero attached hydrogens (tertiary/aromatic N) is 4. The fraction of sp³-hybridized carbons (Fsp3) is 0.303. The van der Waals surface area contributed by atoms with E-state index >= 15 is 0 Å². The van der Waals surface area contributed by atoms with Crippen molar-refractivity contribution in [3.05, 3.63) is 94.8 Å². The van der Waals surface area contributed by atoms with E-state index in [1.807, 2.05) is 36.6 Å². The van der Waals surface area contributed by atoms with Crippen LogP contribution in [-0.4, -0.2) is 83.9 Å². The molecule has 2 heterocycles. The van der Waals surface area contributed by atoms with Crippen molar-refractivity contribution in [2.75, 3.05) is 44.0 Å². The van der Waals surface area contributed by atoms with E-state index < -0.39 is 21.9 Å². The Kier molecular flexibility index (Phi) is 11.3. The number of carbonyl (C=O) groups is 3. The predicted molar refractivity (Wildman–Crippen MR) is 180 cm³/mol. The fourth-order valence-electron chi connectivity index (χ4n) is 4.94. The van der Waals surface area contributed by atoms with Gasteiger partial charge < -0.3 is 20.1 Å². The molecule has 0 bridgehead atoms. The highest BCUT2D eigenvalue weighted by Gasteiger charge is 2.26. The standard InChI is InChI=1S/C33H36N6O7S2/c1-4-46-32(42)25-8-12-26(13-9-25)35-30(40)21-47-33-37-36-29(39(33)28-7-5-6-22(2)23(28)3)20-34-31(41)24-10-14-27(15-11-24)48(43,44)38-16-18-45-19-17-38/h5-15H,4,16-21H2,1-3H3,(H,34,41)(H,35,40). The van der Waals surface area contributed by atoms with Crippen LogP contribution in [0, 0.1) is 13.8 Å². The average Bonchev–Trinajstić information content (AvgIpc) is 3.50. The van der Waals surface area contributed by atoms with Crippen LogP contribution >= 0.6 is 11.8 Å². The summed E-state index contributed by atoms with van der Waals surface area (Å²) >= 11 is 1.19. The summed E-state index contributed by atoms with van der Waals surface area (Å²) in [6.45, 7) is 7.23. The van der Waals surface area contributed by atoms with Crippen LogP contribution in [0.5, 0.6) is 0 Å². The minimum Gasteiger partial charge on any atom is -0.462 e. The molecule has 48 heavy (non-hydrogen) atoms. The molecule has 0 radical (unpaired) electrons. The molecule has 3 aromatic carbocycles. The molecule has 1 saturated heterocycles. The molecule has 2 amide bonds. The number of esters is 1. The van der Waals surface area contributed by atoms with Crippen molar-refractivity contribution >= 4 is 45.3 Å². The molecule has 15 heteroatoms. The second kappa shape index (κ2) is 15.6. The number of hydrogen-bond donors (Lipinski definition) is 2. The Morgan fingerprint density at radius 1 is 0.938 bits per heavy atom. The maximum Gasteiger partial charge on any atom is 0.338 e. The number of hydrogen-bond acceptors (Lipinski definition) is 10. The largest absolute Gasteiger partial charge is 0.462 e. The van der Waals surface area contributed by atoms with Gasteiger partial charge in [0.2, 0.25) is 15.9 Å². The van der Waals surface area contributed by atoms with Gasteiger partial charge in [-0.25, -0.2) is 13.2 Å². The number of aryl methyl sites for hydroxylation is 1. The number of thioether (sulfide) groups is 1. The third-order valence-corrected chi connectivity index (χ3v) is 10.5. The molecule has 0 atom stereocenters. The molecular formula is C33H36N6O7S2. The maximum atomic E-state index is 13.1. The lowest BCUT2D eigenvalue weighted by molar-refractivity contribution is -0.113.